The molecule has 8 heteroatoms. The number of hydrazine groups is 1. The Morgan fingerprint density at radius 1 is 1.29 bits per heavy atom. The molecule has 0 saturated carbocycles. The molecule has 1 saturated heterocycles. The minimum absolute atomic E-state index is 0.0463. The number of carbonyl (C=O) groups is 2. The molecule has 1 aromatic carbocycles. The van der Waals surface area contributed by atoms with Crippen LogP contribution < -0.4 is 17.0 Å². The monoisotopic (exact) mass is 434 g/mol. The second-order valence-corrected chi connectivity index (χ2v) is 9.16. The normalized spacial score (nSPS) is 16.6. The Labute approximate surface area is 186 Å². The average Bonchev–Trinajstić information content (AvgIpc) is 3.13. The lowest BCUT2D eigenvalue weighted by Crippen LogP contribution is -2.38. The highest BCUT2D eigenvalue weighted by molar-refractivity contribution is 5.77. The number of likely N-dealkylation sites (tertiary alicyclic amines) is 1. The van der Waals surface area contributed by atoms with Gasteiger partial charge in [0.25, 0.3) is 0 Å². The van der Waals surface area contributed by atoms with Gasteiger partial charge in [-0.05, 0) is 43.4 Å². The van der Waals surface area contributed by atoms with Crippen molar-refractivity contribution in [2.24, 2.45) is 17.1 Å². The van der Waals surface area contributed by atoms with E-state index in [0.29, 0.717) is 19.4 Å². The number of amides is 2. The Hall–Kier alpha value is -2.44. The summed E-state index contributed by atoms with van der Waals surface area (Å²) in [5, 5.41) is 21.8. The van der Waals surface area contributed by atoms with Gasteiger partial charge in [-0.1, -0.05) is 38.8 Å². The number of hydrogen-bond acceptors (Lipinski definition) is 6. The summed E-state index contributed by atoms with van der Waals surface area (Å²) in [5.41, 5.74) is 0.603. The maximum Gasteiger partial charge on any atom is 0.223 e. The first-order valence-electron chi connectivity index (χ1n) is 10.1. The fourth-order valence-electron chi connectivity index (χ4n) is 3.08. The number of nitrogens with zero attached hydrogens (tertiary/aromatic N) is 1. The van der Waals surface area contributed by atoms with Crippen LogP contribution in [0.15, 0.2) is 24.3 Å². The highest BCUT2D eigenvalue weighted by Crippen LogP contribution is 2.25. The molecule has 2 unspecified atom stereocenters. The molecule has 0 spiro atoms. The number of terminal acetylenes is 1. The zero-order valence-corrected chi connectivity index (χ0v) is 19.3. The first-order chi connectivity index (χ1) is 14.4. The van der Waals surface area contributed by atoms with Gasteiger partial charge in [-0.25, -0.2) is 0 Å². The maximum atomic E-state index is 11.6. The van der Waals surface area contributed by atoms with Gasteiger partial charge < -0.3 is 20.4 Å². The van der Waals surface area contributed by atoms with Crippen LogP contribution in [0, 0.1) is 17.8 Å². The van der Waals surface area contributed by atoms with Gasteiger partial charge in [0.15, 0.2) is 0 Å². The predicted molar refractivity (Wildman–Crippen MR) is 122 cm³/mol. The molecule has 2 atom stereocenters. The third-order valence-corrected chi connectivity index (χ3v) is 4.55. The molecule has 1 heterocycles. The highest BCUT2D eigenvalue weighted by atomic mass is 16.3. The molecule has 1 aliphatic rings. The van der Waals surface area contributed by atoms with Crippen molar-refractivity contribution in [3.63, 3.8) is 0 Å². The third kappa shape index (κ3) is 10.9. The van der Waals surface area contributed by atoms with Gasteiger partial charge in [0, 0.05) is 25.1 Å². The number of rotatable bonds is 5. The number of benzene rings is 1. The van der Waals surface area contributed by atoms with Gasteiger partial charge in [0.2, 0.25) is 12.3 Å². The summed E-state index contributed by atoms with van der Waals surface area (Å²) < 4.78 is 0. The van der Waals surface area contributed by atoms with Gasteiger partial charge in [0.05, 0.1) is 17.7 Å². The van der Waals surface area contributed by atoms with Crippen LogP contribution in [0.4, 0.5) is 0 Å². The molecule has 1 aliphatic heterocycles. The van der Waals surface area contributed by atoms with Crippen molar-refractivity contribution in [1.29, 1.82) is 0 Å². The van der Waals surface area contributed by atoms with Crippen molar-refractivity contribution >= 4 is 12.3 Å². The van der Waals surface area contributed by atoms with Crippen molar-refractivity contribution in [3.8, 4) is 12.3 Å². The van der Waals surface area contributed by atoms with Crippen LogP contribution in [0.2, 0.25) is 0 Å². The number of aliphatic hydroxyl groups excluding tert-OH is 1. The molecule has 1 fully saturated rings. The summed E-state index contributed by atoms with van der Waals surface area (Å²) >= 11 is 0. The van der Waals surface area contributed by atoms with E-state index in [1.54, 1.807) is 43.0 Å². The summed E-state index contributed by atoms with van der Waals surface area (Å²) in [6.45, 7) is 10.7. The third-order valence-electron chi connectivity index (χ3n) is 4.55. The van der Waals surface area contributed by atoms with Crippen molar-refractivity contribution in [2.45, 2.75) is 65.2 Å². The molecule has 0 bridgehead atoms. The van der Waals surface area contributed by atoms with E-state index in [2.05, 4.69) is 43.7 Å². The van der Waals surface area contributed by atoms with Gasteiger partial charge >= 0.3 is 0 Å². The first-order valence-corrected chi connectivity index (χ1v) is 10.1. The Morgan fingerprint density at radius 2 is 1.84 bits per heavy atom. The van der Waals surface area contributed by atoms with Crippen LogP contribution in [0.1, 0.15) is 64.6 Å². The molecule has 1 aromatic rings. The molecule has 0 aliphatic carbocycles. The number of carbonyl (C=O) groups excluding carboxylic acids is 2. The predicted octanol–water partition coefficient (Wildman–Crippen LogP) is 1.06. The molecule has 2 rings (SSSR count). The van der Waals surface area contributed by atoms with Crippen LogP contribution in [-0.2, 0) is 9.59 Å². The van der Waals surface area contributed by atoms with E-state index in [9.17, 15) is 19.8 Å². The Balaban J connectivity index is 0.000000547. The van der Waals surface area contributed by atoms with Crippen LogP contribution in [-0.4, -0.2) is 52.2 Å². The van der Waals surface area contributed by atoms with Crippen LogP contribution in [0.5, 0.6) is 0 Å². The van der Waals surface area contributed by atoms with E-state index in [1.807, 2.05) is 0 Å². The van der Waals surface area contributed by atoms with Gasteiger partial charge in [-0.2, -0.15) is 0 Å². The lowest BCUT2D eigenvalue weighted by Gasteiger charge is -2.29. The topological polar surface area (TPSA) is 142 Å². The van der Waals surface area contributed by atoms with E-state index >= 15 is 0 Å². The molecule has 0 aromatic heterocycles. The average molecular weight is 435 g/mol. The fraction of sp³-hybridized carbons (Fsp3) is 0.565. The minimum Gasteiger partial charge on any atom is -0.391 e. The van der Waals surface area contributed by atoms with Crippen molar-refractivity contribution in [2.75, 3.05) is 13.1 Å². The lowest BCUT2D eigenvalue weighted by atomic mass is 9.91. The SMILES string of the molecule is C#Cc1ccc(C(NC=O)C(C)(C)O)cc1.CC(C)(C)CC(=O)N1CCC(O)C1.NN. The Morgan fingerprint density at radius 3 is 2.19 bits per heavy atom. The van der Waals surface area contributed by atoms with Gasteiger partial charge in [-0.3, -0.25) is 21.3 Å². The lowest BCUT2D eigenvalue weighted by molar-refractivity contribution is -0.132. The van der Waals surface area contributed by atoms with Crippen LogP contribution >= 0.6 is 0 Å². The molecule has 0 radical (unpaired) electrons. The maximum absolute atomic E-state index is 11.6. The number of nitrogens with one attached hydrogen (secondary N) is 1. The summed E-state index contributed by atoms with van der Waals surface area (Å²) in [4.78, 5) is 23.9. The standard InChI is InChI=1S/C13H15NO2.C10H19NO2.H4N2/c1-4-10-5-7-11(8-6-10)12(14-9-15)13(2,3)16;1-10(2,3)6-9(13)11-5-4-8(12)7-11;1-2/h1,5-9,12,16H,2-3H3,(H,14,15);8,12H,4-7H2,1-3H3;1-2H2. The van der Waals surface area contributed by atoms with Gasteiger partial charge in [0.1, 0.15) is 0 Å². The Bertz CT molecular complexity index is 715. The molecule has 7 N–H and O–H groups in total. The largest absolute Gasteiger partial charge is 0.391 e. The smallest absolute Gasteiger partial charge is 0.223 e. The molecule has 174 valence electrons. The zero-order valence-electron chi connectivity index (χ0n) is 19.3. The van der Waals surface area contributed by atoms with E-state index < -0.39 is 11.6 Å². The summed E-state index contributed by atoms with van der Waals surface area (Å²) in [7, 11) is 0. The minimum atomic E-state index is -1.03. The second-order valence-electron chi connectivity index (χ2n) is 9.16. The van der Waals surface area contributed by atoms with E-state index in [4.69, 9.17) is 6.42 Å². The molecule has 2 amide bonds. The summed E-state index contributed by atoms with van der Waals surface area (Å²) in [6.07, 6.45) is 6.83. The number of nitrogens with two attached hydrogens (primary N) is 2. The number of β-amino-alcohol motifs (C(OH)–C–C–N with tert-alkyl or cyclic N) is 1. The quantitative estimate of drug-likeness (QED) is 0.203. The molecule has 31 heavy (non-hydrogen) atoms. The number of hydrogen-bond donors (Lipinski definition) is 5. The van der Waals surface area contributed by atoms with Gasteiger partial charge in [-0.15, -0.1) is 6.42 Å². The summed E-state index contributed by atoms with van der Waals surface area (Å²) in [6, 6.07) is 6.71. The summed E-state index contributed by atoms with van der Waals surface area (Å²) in [5.74, 6) is 10.7. The van der Waals surface area contributed by atoms with Crippen LogP contribution in [0.3, 0.4) is 0 Å². The van der Waals surface area contributed by atoms with E-state index in [-0.39, 0.29) is 17.4 Å². The van der Waals surface area contributed by atoms with Crippen LogP contribution in [0.25, 0.3) is 0 Å². The number of aliphatic hydroxyl groups is 2. The van der Waals surface area contributed by atoms with E-state index in [1.165, 1.54) is 0 Å². The van der Waals surface area contributed by atoms with Crippen molar-refractivity contribution in [1.82, 2.24) is 10.2 Å². The van der Waals surface area contributed by atoms with E-state index in [0.717, 1.165) is 24.1 Å². The highest BCUT2D eigenvalue weighted by Gasteiger charge is 2.28. The van der Waals surface area contributed by atoms with Crippen molar-refractivity contribution < 1.29 is 19.8 Å². The molecular formula is C23H38N4O4. The zero-order chi connectivity index (χ0) is 24.2. The molecular weight excluding hydrogens is 396 g/mol. The fourth-order valence-corrected chi connectivity index (χ4v) is 3.08. The second kappa shape index (κ2) is 13.1. The first kappa shape index (κ1) is 28.6. The van der Waals surface area contributed by atoms with Crippen molar-refractivity contribution in [3.05, 3.63) is 35.4 Å². The molecule has 8 nitrogen and oxygen atoms in total. The Kier molecular flexibility index (Phi) is 12.0.